The third-order valence-corrected chi connectivity index (χ3v) is 2.99. The summed E-state index contributed by atoms with van der Waals surface area (Å²) in [6, 6.07) is 9.99. The average Bonchev–Trinajstić information content (AvgIpc) is 2.26. The summed E-state index contributed by atoms with van der Waals surface area (Å²) in [6.07, 6.45) is 0. The molecule has 0 unspecified atom stereocenters. The minimum absolute atomic E-state index is 0.362. The molecule has 0 spiro atoms. The lowest BCUT2D eigenvalue weighted by Gasteiger charge is -2.21. The van der Waals surface area contributed by atoms with Crippen molar-refractivity contribution in [3.63, 3.8) is 0 Å². The molecule has 0 fully saturated rings. The molecule has 0 radical (unpaired) electrons. The van der Waals surface area contributed by atoms with Crippen molar-refractivity contribution in [1.82, 2.24) is 4.98 Å². The highest BCUT2D eigenvalue weighted by molar-refractivity contribution is 5.83. The normalized spacial score (nSPS) is 12.4. The zero-order chi connectivity index (χ0) is 12.6. The van der Waals surface area contributed by atoms with E-state index in [0.29, 0.717) is 5.92 Å². The first kappa shape index (κ1) is 12.1. The van der Waals surface area contributed by atoms with Crippen molar-refractivity contribution in [3.8, 4) is 0 Å². The van der Waals surface area contributed by atoms with E-state index in [4.69, 9.17) is 0 Å². The van der Waals surface area contributed by atoms with Gasteiger partial charge in [0.1, 0.15) is 0 Å². The van der Waals surface area contributed by atoms with Gasteiger partial charge in [-0.05, 0) is 37.5 Å². The van der Waals surface area contributed by atoms with Crippen molar-refractivity contribution in [3.05, 3.63) is 41.6 Å². The van der Waals surface area contributed by atoms with E-state index in [-0.39, 0.29) is 0 Å². The van der Waals surface area contributed by atoms with Crippen LogP contribution in [0.1, 0.15) is 44.9 Å². The van der Waals surface area contributed by atoms with E-state index in [1.54, 1.807) is 0 Å². The Morgan fingerprint density at radius 3 is 2.41 bits per heavy atom. The Labute approximate surface area is 102 Å². The summed E-state index contributed by atoms with van der Waals surface area (Å²) in [7, 11) is 0. The minimum atomic E-state index is -0.841. The van der Waals surface area contributed by atoms with Gasteiger partial charge in [0.25, 0.3) is 0 Å². The Bertz CT molecular complexity index is 538. The first-order valence-corrected chi connectivity index (χ1v) is 6.02. The second kappa shape index (κ2) is 4.11. The quantitative estimate of drug-likeness (QED) is 0.853. The molecule has 0 atom stereocenters. The summed E-state index contributed by atoms with van der Waals surface area (Å²) in [5, 5.41) is 11.3. The number of hydrogen-bond donors (Lipinski definition) is 1. The number of para-hydroxylation sites is 1. The van der Waals surface area contributed by atoms with E-state index in [1.807, 2.05) is 44.2 Å². The van der Waals surface area contributed by atoms with Gasteiger partial charge in [-0.3, -0.25) is 4.98 Å². The molecular weight excluding hydrogens is 210 g/mol. The van der Waals surface area contributed by atoms with Crippen LogP contribution in [0.3, 0.4) is 0 Å². The van der Waals surface area contributed by atoms with Gasteiger partial charge in [-0.25, -0.2) is 0 Å². The van der Waals surface area contributed by atoms with Crippen LogP contribution in [0.15, 0.2) is 30.3 Å². The van der Waals surface area contributed by atoms with Crippen LogP contribution in [0.2, 0.25) is 0 Å². The minimum Gasteiger partial charge on any atom is -0.386 e. The Morgan fingerprint density at radius 1 is 1.18 bits per heavy atom. The largest absolute Gasteiger partial charge is 0.386 e. The fourth-order valence-electron chi connectivity index (χ4n) is 2.00. The van der Waals surface area contributed by atoms with Crippen LogP contribution in [-0.2, 0) is 5.60 Å². The summed E-state index contributed by atoms with van der Waals surface area (Å²) in [6.45, 7) is 7.87. The monoisotopic (exact) mass is 229 g/mol. The van der Waals surface area contributed by atoms with E-state index in [9.17, 15) is 5.11 Å². The molecule has 0 aliphatic carbocycles. The highest BCUT2D eigenvalue weighted by atomic mass is 16.3. The van der Waals surface area contributed by atoms with Crippen molar-refractivity contribution >= 4 is 10.9 Å². The highest BCUT2D eigenvalue weighted by Crippen LogP contribution is 2.30. The van der Waals surface area contributed by atoms with Crippen LogP contribution in [0, 0.1) is 0 Å². The third kappa shape index (κ3) is 2.32. The van der Waals surface area contributed by atoms with Gasteiger partial charge in [0.05, 0.1) is 11.1 Å². The maximum Gasteiger partial charge on any atom is 0.0847 e. The van der Waals surface area contributed by atoms with Crippen molar-refractivity contribution < 1.29 is 5.11 Å². The van der Waals surface area contributed by atoms with Gasteiger partial charge in [-0.15, -0.1) is 0 Å². The summed E-state index contributed by atoms with van der Waals surface area (Å²) >= 11 is 0. The molecule has 0 aliphatic heterocycles. The number of nitrogens with zero attached hydrogens (tertiary/aromatic N) is 1. The van der Waals surface area contributed by atoms with Crippen molar-refractivity contribution in [1.29, 1.82) is 0 Å². The van der Waals surface area contributed by atoms with Gasteiger partial charge >= 0.3 is 0 Å². The number of benzene rings is 1. The molecule has 0 saturated heterocycles. The lowest BCUT2D eigenvalue weighted by Crippen LogP contribution is -2.17. The van der Waals surface area contributed by atoms with E-state index in [1.165, 1.54) is 0 Å². The van der Waals surface area contributed by atoms with Crippen molar-refractivity contribution in [2.75, 3.05) is 0 Å². The standard InChI is InChI=1S/C15H19NO/c1-10(2)14-9-12(15(3,4)17)11-7-5-6-8-13(11)16-14/h5-10,17H,1-4H3. The Kier molecular flexibility index (Phi) is 2.92. The smallest absolute Gasteiger partial charge is 0.0847 e. The van der Waals surface area contributed by atoms with Crippen LogP contribution in [-0.4, -0.2) is 10.1 Å². The molecular formula is C15H19NO. The predicted octanol–water partition coefficient (Wildman–Crippen LogP) is 3.59. The Morgan fingerprint density at radius 2 is 1.82 bits per heavy atom. The maximum atomic E-state index is 10.3. The molecule has 0 saturated carbocycles. The van der Waals surface area contributed by atoms with Gasteiger partial charge in [0.15, 0.2) is 0 Å². The van der Waals surface area contributed by atoms with Crippen LogP contribution in [0.4, 0.5) is 0 Å². The number of hydrogen-bond acceptors (Lipinski definition) is 2. The van der Waals surface area contributed by atoms with Crippen LogP contribution >= 0.6 is 0 Å². The third-order valence-electron chi connectivity index (χ3n) is 2.99. The molecule has 17 heavy (non-hydrogen) atoms. The summed E-state index contributed by atoms with van der Waals surface area (Å²) in [4.78, 5) is 4.64. The number of rotatable bonds is 2. The van der Waals surface area contributed by atoms with Gasteiger partial charge in [-0.1, -0.05) is 32.0 Å². The Hall–Kier alpha value is -1.41. The first-order chi connectivity index (χ1) is 7.89. The summed E-state index contributed by atoms with van der Waals surface area (Å²) in [5.74, 6) is 0.362. The number of pyridine rings is 1. The molecule has 1 aromatic heterocycles. The fraction of sp³-hybridized carbons (Fsp3) is 0.400. The molecule has 90 valence electrons. The van der Waals surface area contributed by atoms with Gasteiger partial charge in [0, 0.05) is 11.1 Å². The summed E-state index contributed by atoms with van der Waals surface area (Å²) < 4.78 is 0. The van der Waals surface area contributed by atoms with Crippen LogP contribution in [0.5, 0.6) is 0 Å². The molecule has 2 heteroatoms. The molecule has 1 aromatic carbocycles. The molecule has 1 N–H and O–H groups in total. The van der Waals surface area contributed by atoms with E-state index < -0.39 is 5.60 Å². The van der Waals surface area contributed by atoms with Crippen LogP contribution in [0.25, 0.3) is 10.9 Å². The maximum absolute atomic E-state index is 10.3. The van der Waals surface area contributed by atoms with E-state index >= 15 is 0 Å². The predicted molar refractivity (Wildman–Crippen MR) is 71.1 cm³/mol. The van der Waals surface area contributed by atoms with Gasteiger partial charge in [0.2, 0.25) is 0 Å². The number of fused-ring (bicyclic) bond motifs is 1. The molecule has 0 bridgehead atoms. The lowest BCUT2D eigenvalue weighted by atomic mass is 9.92. The fourth-order valence-corrected chi connectivity index (χ4v) is 2.00. The average molecular weight is 229 g/mol. The molecule has 2 nitrogen and oxygen atoms in total. The highest BCUT2D eigenvalue weighted by Gasteiger charge is 2.20. The number of aromatic nitrogens is 1. The SMILES string of the molecule is CC(C)c1cc(C(C)(C)O)c2ccccc2n1. The second-order valence-corrected chi connectivity index (χ2v) is 5.33. The molecule has 1 heterocycles. The van der Waals surface area contributed by atoms with Gasteiger partial charge in [-0.2, -0.15) is 0 Å². The summed E-state index contributed by atoms with van der Waals surface area (Å²) in [5.41, 5.74) is 2.09. The van der Waals surface area contributed by atoms with Gasteiger partial charge < -0.3 is 5.11 Å². The van der Waals surface area contributed by atoms with E-state index in [0.717, 1.165) is 22.2 Å². The van der Waals surface area contributed by atoms with Crippen LogP contribution < -0.4 is 0 Å². The molecule has 0 aliphatic rings. The van der Waals surface area contributed by atoms with Crippen molar-refractivity contribution in [2.24, 2.45) is 0 Å². The van der Waals surface area contributed by atoms with Crippen molar-refractivity contribution in [2.45, 2.75) is 39.2 Å². The molecule has 0 amide bonds. The number of aliphatic hydroxyl groups is 1. The molecule has 2 aromatic rings. The second-order valence-electron chi connectivity index (χ2n) is 5.33. The molecule has 2 rings (SSSR count). The zero-order valence-electron chi connectivity index (χ0n) is 10.9. The Balaban J connectivity index is 2.79. The van der Waals surface area contributed by atoms with E-state index in [2.05, 4.69) is 18.8 Å². The zero-order valence-corrected chi connectivity index (χ0v) is 10.9. The lowest BCUT2D eigenvalue weighted by molar-refractivity contribution is 0.0800. The topological polar surface area (TPSA) is 33.1 Å². The first-order valence-electron chi connectivity index (χ1n) is 6.02.